The van der Waals surface area contributed by atoms with Crippen molar-refractivity contribution in [2.75, 3.05) is 0 Å². The number of aromatic hydroxyl groups is 1. The van der Waals surface area contributed by atoms with E-state index in [0.717, 1.165) is 18.5 Å². The first-order chi connectivity index (χ1) is 10.3. The normalized spacial score (nSPS) is 15.0. The molecule has 2 heterocycles. The Hall–Kier alpha value is -2.63. The lowest BCUT2D eigenvalue weighted by Crippen LogP contribution is -2.10. The van der Waals surface area contributed by atoms with Crippen LogP contribution in [0.5, 0.6) is 5.75 Å². The molecule has 6 heteroatoms. The van der Waals surface area contributed by atoms with Crippen LogP contribution in [-0.4, -0.2) is 25.0 Å². The molecule has 106 valence electrons. The maximum absolute atomic E-state index is 10.1. The lowest BCUT2D eigenvalue weighted by molar-refractivity contribution is 0.365. The van der Waals surface area contributed by atoms with E-state index in [1.54, 1.807) is 4.68 Å². The van der Waals surface area contributed by atoms with Crippen molar-refractivity contribution in [2.24, 2.45) is 0 Å². The van der Waals surface area contributed by atoms with E-state index in [1.807, 2.05) is 30.3 Å². The van der Waals surface area contributed by atoms with Gasteiger partial charge in [0.15, 0.2) is 17.3 Å². The van der Waals surface area contributed by atoms with E-state index in [1.165, 1.54) is 12.6 Å². The van der Waals surface area contributed by atoms with Crippen molar-refractivity contribution in [2.45, 2.75) is 25.2 Å². The highest BCUT2D eigenvalue weighted by atomic mass is 16.5. The first-order valence-corrected chi connectivity index (χ1v) is 6.99. The maximum Gasteiger partial charge on any atom is 0.282 e. The minimum absolute atomic E-state index is 0.0302. The maximum atomic E-state index is 10.1. The highest BCUT2D eigenvalue weighted by Gasteiger charge is 2.26. The summed E-state index contributed by atoms with van der Waals surface area (Å²) in [5, 5.41) is 18.4. The van der Waals surface area contributed by atoms with Gasteiger partial charge in [-0.1, -0.05) is 29.8 Å². The minimum atomic E-state index is 0.0302. The molecule has 0 radical (unpaired) electrons. The monoisotopic (exact) mass is 282 g/mol. The Morgan fingerprint density at radius 2 is 2.00 bits per heavy atom. The van der Waals surface area contributed by atoms with E-state index in [9.17, 15) is 5.11 Å². The number of benzene rings is 1. The molecule has 3 aromatic rings. The van der Waals surface area contributed by atoms with Gasteiger partial charge in [-0.3, -0.25) is 0 Å². The molecule has 1 fully saturated rings. The Labute approximate surface area is 121 Å². The number of rotatable bonds is 3. The van der Waals surface area contributed by atoms with Crippen molar-refractivity contribution in [3.63, 3.8) is 0 Å². The first kappa shape index (κ1) is 12.1. The fourth-order valence-corrected chi connectivity index (χ4v) is 2.39. The molecular formula is C15H14N4O2. The Morgan fingerprint density at radius 1 is 1.19 bits per heavy atom. The predicted molar refractivity (Wildman–Crippen MR) is 75.1 cm³/mol. The van der Waals surface area contributed by atoms with Gasteiger partial charge in [-0.25, -0.2) is 4.68 Å². The van der Waals surface area contributed by atoms with Gasteiger partial charge < -0.3 is 9.63 Å². The van der Waals surface area contributed by atoms with Gasteiger partial charge in [-0.2, -0.15) is 10.1 Å². The van der Waals surface area contributed by atoms with Crippen LogP contribution in [0.15, 0.2) is 41.1 Å². The molecule has 0 unspecified atom stereocenters. The Balaban J connectivity index is 1.69. The summed E-state index contributed by atoms with van der Waals surface area (Å²) in [4.78, 5) is 4.36. The molecule has 1 aromatic carbocycles. The standard InChI is InChI=1S/C15H14N4O2/c20-12-9-19(11-7-2-1-3-8-11)17-13(12)15-16-14(18-21-15)10-5-4-6-10/h1-3,7-10,20H,4-6H2. The third kappa shape index (κ3) is 2.08. The van der Waals surface area contributed by atoms with Crippen molar-refractivity contribution < 1.29 is 9.63 Å². The van der Waals surface area contributed by atoms with Gasteiger partial charge in [0, 0.05) is 5.92 Å². The summed E-state index contributed by atoms with van der Waals surface area (Å²) in [6.07, 6.45) is 4.95. The average molecular weight is 282 g/mol. The minimum Gasteiger partial charge on any atom is -0.504 e. The van der Waals surface area contributed by atoms with Crippen LogP contribution in [0, 0.1) is 0 Å². The molecule has 0 spiro atoms. The molecular weight excluding hydrogens is 268 g/mol. The van der Waals surface area contributed by atoms with Crippen LogP contribution < -0.4 is 0 Å². The summed E-state index contributed by atoms with van der Waals surface area (Å²) in [5.74, 6) is 1.40. The van der Waals surface area contributed by atoms with E-state index < -0.39 is 0 Å². The number of para-hydroxylation sites is 1. The zero-order valence-electron chi connectivity index (χ0n) is 11.3. The number of hydrogen-bond donors (Lipinski definition) is 1. The highest BCUT2D eigenvalue weighted by molar-refractivity contribution is 5.56. The second-order valence-electron chi connectivity index (χ2n) is 5.23. The molecule has 2 aromatic heterocycles. The van der Waals surface area contributed by atoms with E-state index in [2.05, 4.69) is 15.2 Å². The Bertz CT molecular complexity index is 759. The molecule has 1 saturated carbocycles. The third-order valence-electron chi connectivity index (χ3n) is 3.83. The summed E-state index contributed by atoms with van der Waals surface area (Å²) in [6, 6.07) is 9.56. The molecule has 0 aliphatic heterocycles. The van der Waals surface area contributed by atoms with Crippen molar-refractivity contribution in [3.05, 3.63) is 42.4 Å². The first-order valence-electron chi connectivity index (χ1n) is 6.99. The van der Waals surface area contributed by atoms with E-state index in [4.69, 9.17) is 4.52 Å². The van der Waals surface area contributed by atoms with Crippen LogP contribution in [0.4, 0.5) is 0 Å². The molecule has 4 rings (SSSR count). The molecule has 1 aliphatic rings. The van der Waals surface area contributed by atoms with Crippen LogP contribution in [0.25, 0.3) is 17.3 Å². The van der Waals surface area contributed by atoms with E-state index >= 15 is 0 Å². The lowest BCUT2D eigenvalue weighted by atomic mass is 9.85. The summed E-state index contributed by atoms with van der Waals surface area (Å²) < 4.78 is 6.84. The zero-order chi connectivity index (χ0) is 14.2. The molecule has 1 aliphatic carbocycles. The fourth-order valence-electron chi connectivity index (χ4n) is 2.39. The fraction of sp³-hybridized carbons (Fsp3) is 0.267. The van der Waals surface area contributed by atoms with Crippen LogP contribution >= 0.6 is 0 Å². The largest absolute Gasteiger partial charge is 0.504 e. The summed E-state index contributed by atoms with van der Waals surface area (Å²) >= 11 is 0. The molecule has 0 bridgehead atoms. The second-order valence-corrected chi connectivity index (χ2v) is 5.23. The third-order valence-corrected chi connectivity index (χ3v) is 3.83. The summed E-state index contributed by atoms with van der Waals surface area (Å²) in [6.45, 7) is 0. The van der Waals surface area contributed by atoms with Gasteiger partial charge in [-0.05, 0) is 25.0 Å². The van der Waals surface area contributed by atoms with Crippen molar-refractivity contribution >= 4 is 0 Å². The van der Waals surface area contributed by atoms with Crippen LogP contribution in [0.3, 0.4) is 0 Å². The summed E-state index contributed by atoms with van der Waals surface area (Å²) in [5.41, 5.74) is 1.18. The molecule has 0 atom stereocenters. The topological polar surface area (TPSA) is 77.0 Å². The predicted octanol–water partition coefficient (Wildman–Crippen LogP) is 2.90. The Morgan fingerprint density at radius 3 is 2.71 bits per heavy atom. The molecule has 0 amide bonds. The molecule has 1 N–H and O–H groups in total. The number of aromatic nitrogens is 4. The smallest absolute Gasteiger partial charge is 0.282 e. The van der Waals surface area contributed by atoms with Gasteiger partial charge in [-0.15, -0.1) is 0 Å². The molecule has 0 saturated heterocycles. The van der Waals surface area contributed by atoms with Gasteiger partial charge >= 0.3 is 0 Å². The van der Waals surface area contributed by atoms with Crippen molar-refractivity contribution in [1.29, 1.82) is 0 Å². The second kappa shape index (κ2) is 4.73. The van der Waals surface area contributed by atoms with Gasteiger partial charge in [0.25, 0.3) is 5.89 Å². The van der Waals surface area contributed by atoms with Gasteiger partial charge in [0.05, 0.1) is 11.9 Å². The summed E-state index contributed by atoms with van der Waals surface area (Å²) in [7, 11) is 0. The van der Waals surface area contributed by atoms with Crippen LogP contribution in [0.2, 0.25) is 0 Å². The SMILES string of the molecule is Oc1cn(-c2ccccc2)nc1-c1nc(C2CCC2)no1. The van der Waals surface area contributed by atoms with Gasteiger partial charge in [0.2, 0.25) is 0 Å². The number of hydrogen-bond acceptors (Lipinski definition) is 5. The van der Waals surface area contributed by atoms with Crippen LogP contribution in [0.1, 0.15) is 31.0 Å². The van der Waals surface area contributed by atoms with E-state index in [-0.39, 0.29) is 11.6 Å². The zero-order valence-corrected chi connectivity index (χ0v) is 11.3. The Kier molecular flexibility index (Phi) is 2.73. The van der Waals surface area contributed by atoms with E-state index in [0.29, 0.717) is 17.4 Å². The van der Waals surface area contributed by atoms with Crippen molar-refractivity contribution in [3.8, 4) is 23.0 Å². The molecule has 6 nitrogen and oxygen atoms in total. The average Bonchev–Trinajstić information content (AvgIpc) is 3.05. The number of nitrogens with zero attached hydrogens (tertiary/aromatic N) is 4. The van der Waals surface area contributed by atoms with Gasteiger partial charge in [0.1, 0.15) is 0 Å². The van der Waals surface area contributed by atoms with Crippen LogP contribution in [-0.2, 0) is 0 Å². The molecule has 21 heavy (non-hydrogen) atoms. The van der Waals surface area contributed by atoms with Crippen molar-refractivity contribution in [1.82, 2.24) is 19.9 Å². The highest BCUT2D eigenvalue weighted by Crippen LogP contribution is 2.36. The quantitative estimate of drug-likeness (QED) is 0.799. The lowest BCUT2D eigenvalue weighted by Gasteiger charge is -2.20.